The number of likely N-dealkylation sites (tertiary alicyclic amines) is 1. The van der Waals surface area contributed by atoms with Crippen molar-refractivity contribution in [3.63, 3.8) is 0 Å². The molecule has 4 rings (SSSR count). The third-order valence-electron chi connectivity index (χ3n) is 5.68. The summed E-state index contributed by atoms with van der Waals surface area (Å²) in [6, 6.07) is 20.0. The van der Waals surface area contributed by atoms with Crippen LogP contribution in [-0.4, -0.2) is 46.4 Å². The van der Waals surface area contributed by atoms with E-state index in [0.717, 1.165) is 30.9 Å². The van der Waals surface area contributed by atoms with E-state index in [1.54, 1.807) is 4.68 Å². The molecule has 30 heavy (non-hydrogen) atoms. The summed E-state index contributed by atoms with van der Waals surface area (Å²) in [5.74, 6) is 0.927. The topological polar surface area (TPSA) is 62.2 Å². The maximum Gasteiger partial charge on any atom is 0.320 e. The Hall–Kier alpha value is -2.64. The summed E-state index contributed by atoms with van der Waals surface area (Å²) in [6.07, 6.45) is 0. The predicted octanol–water partition coefficient (Wildman–Crippen LogP) is 4.55. The zero-order valence-electron chi connectivity index (χ0n) is 17.2. The second-order valence-electron chi connectivity index (χ2n) is 7.59. The van der Waals surface area contributed by atoms with Crippen LogP contribution in [0.4, 0.5) is 10.6 Å². The van der Waals surface area contributed by atoms with Gasteiger partial charge in [0.25, 0.3) is 0 Å². The average Bonchev–Trinajstić information content (AvgIpc) is 3.31. The summed E-state index contributed by atoms with van der Waals surface area (Å²) in [4.78, 5) is 15.4. The molecule has 6 nitrogen and oxygen atoms in total. The monoisotopic (exact) mass is 467 g/mol. The summed E-state index contributed by atoms with van der Waals surface area (Å²) in [7, 11) is 0. The van der Waals surface area contributed by atoms with E-state index in [0.29, 0.717) is 10.4 Å². The lowest BCUT2D eigenvalue weighted by Crippen LogP contribution is -2.42. The fourth-order valence-electron chi connectivity index (χ4n) is 4.01. The van der Waals surface area contributed by atoms with Crippen LogP contribution in [0.3, 0.4) is 0 Å². The highest BCUT2D eigenvalue weighted by Gasteiger charge is 2.34. The van der Waals surface area contributed by atoms with E-state index < -0.39 is 0 Å². The lowest BCUT2D eigenvalue weighted by atomic mass is 9.94. The molecule has 0 radical (unpaired) electrons. The first-order valence-corrected chi connectivity index (χ1v) is 11.0. The Bertz CT molecular complexity index is 1010. The van der Waals surface area contributed by atoms with Gasteiger partial charge in [0.2, 0.25) is 0 Å². The molecule has 0 unspecified atom stereocenters. The quantitative estimate of drug-likeness (QED) is 0.578. The molecular weight excluding hydrogens is 442 g/mol. The highest BCUT2D eigenvalue weighted by molar-refractivity contribution is 9.10. The zero-order chi connectivity index (χ0) is 21.1. The lowest BCUT2D eigenvalue weighted by Gasteiger charge is -2.21. The Labute approximate surface area is 185 Å². The SMILES string of the molecule is CCN1C[C@H](NC(=O)Nc2c(C)c(Br)nn2-c2ccccc2)[C@@H](c2ccccc2)C1. The minimum absolute atomic E-state index is 0.0455. The number of anilines is 1. The normalized spacial score (nSPS) is 19.0. The molecule has 7 heteroatoms. The number of benzene rings is 2. The van der Waals surface area contributed by atoms with E-state index >= 15 is 0 Å². The molecule has 2 atom stereocenters. The summed E-state index contributed by atoms with van der Waals surface area (Å²) < 4.78 is 2.46. The third-order valence-corrected chi connectivity index (χ3v) is 6.44. The molecule has 156 valence electrons. The van der Waals surface area contributed by atoms with Crippen molar-refractivity contribution < 1.29 is 4.79 Å². The Morgan fingerprint density at radius 2 is 1.77 bits per heavy atom. The highest BCUT2D eigenvalue weighted by atomic mass is 79.9. The standard InChI is InChI=1S/C23H26BrN5O/c1-3-28-14-19(17-10-6-4-7-11-17)20(15-28)25-23(30)26-22-16(2)21(24)27-29(22)18-12-8-5-9-13-18/h4-13,19-20H,3,14-15H2,1-2H3,(H2,25,26,30)/t19-,20+/m1/s1. The van der Waals surface area contributed by atoms with E-state index in [2.05, 4.69) is 67.8 Å². The Morgan fingerprint density at radius 3 is 2.43 bits per heavy atom. The van der Waals surface area contributed by atoms with E-state index in [-0.39, 0.29) is 18.0 Å². The van der Waals surface area contributed by atoms with Crippen molar-refractivity contribution in [1.82, 2.24) is 20.0 Å². The van der Waals surface area contributed by atoms with Gasteiger partial charge in [0.15, 0.2) is 0 Å². The van der Waals surface area contributed by atoms with Gasteiger partial charge in [0, 0.05) is 24.6 Å². The number of nitrogens with one attached hydrogen (secondary N) is 2. The van der Waals surface area contributed by atoms with Crippen LogP contribution in [0, 0.1) is 6.92 Å². The maximum absolute atomic E-state index is 13.0. The smallest absolute Gasteiger partial charge is 0.320 e. The second kappa shape index (κ2) is 9.02. The van der Waals surface area contributed by atoms with Crippen molar-refractivity contribution in [2.24, 2.45) is 0 Å². The van der Waals surface area contributed by atoms with Crippen LogP contribution in [-0.2, 0) is 0 Å². The van der Waals surface area contributed by atoms with Gasteiger partial charge in [0.1, 0.15) is 10.4 Å². The molecule has 2 aromatic carbocycles. The van der Waals surface area contributed by atoms with Crippen LogP contribution in [0.1, 0.15) is 24.0 Å². The number of halogens is 1. The minimum atomic E-state index is -0.216. The molecule has 2 amide bonds. The van der Waals surface area contributed by atoms with E-state index in [1.807, 2.05) is 43.3 Å². The van der Waals surface area contributed by atoms with Crippen molar-refractivity contribution in [3.05, 3.63) is 76.4 Å². The zero-order valence-corrected chi connectivity index (χ0v) is 18.8. The molecule has 0 aliphatic carbocycles. The van der Waals surface area contributed by atoms with Crippen LogP contribution in [0.2, 0.25) is 0 Å². The van der Waals surface area contributed by atoms with E-state index in [4.69, 9.17) is 0 Å². The first kappa shape index (κ1) is 20.6. The van der Waals surface area contributed by atoms with Crippen molar-refractivity contribution >= 4 is 27.8 Å². The number of aromatic nitrogens is 2. The lowest BCUT2D eigenvalue weighted by molar-refractivity contribution is 0.247. The molecule has 1 aromatic heterocycles. The molecular formula is C23H26BrN5O. The van der Waals surface area contributed by atoms with E-state index in [1.165, 1.54) is 5.56 Å². The third kappa shape index (κ3) is 4.27. The van der Waals surface area contributed by atoms with Gasteiger partial charge in [-0.1, -0.05) is 55.5 Å². The average molecular weight is 468 g/mol. The van der Waals surface area contributed by atoms with Gasteiger partial charge >= 0.3 is 6.03 Å². The minimum Gasteiger partial charge on any atom is -0.333 e. The van der Waals surface area contributed by atoms with Gasteiger partial charge in [-0.25, -0.2) is 9.48 Å². The van der Waals surface area contributed by atoms with Gasteiger partial charge in [-0.05, 0) is 47.1 Å². The first-order chi connectivity index (χ1) is 14.6. The molecule has 0 saturated carbocycles. The van der Waals surface area contributed by atoms with Crippen molar-refractivity contribution in [2.45, 2.75) is 25.8 Å². The molecule has 1 aliphatic rings. The fraction of sp³-hybridized carbons (Fsp3) is 0.304. The number of nitrogens with zero attached hydrogens (tertiary/aromatic N) is 3. The van der Waals surface area contributed by atoms with Crippen LogP contribution >= 0.6 is 15.9 Å². The van der Waals surface area contributed by atoms with Crippen molar-refractivity contribution in [2.75, 3.05) is 25.0 Å². The number of rotatable bonds is 5. The van der Waals surface area contributed by atoms with Crippen molar-refractivity contribution in [3.8, 4) is 5.69 Å². The number of hydrogen-bond acceptors (Lipinski definition) is 3. The van der Waals surface area contributed by atoms with Gasteiger partial charge in [-0.3, -0.25) is 5.32 Å². The van der Waals surface area contributed by atoms with Gasteiger partial charge in [0.05, 0.1) is 11.7 Å². The van der Waals surface area contributed by atoms with Gasteiger partial charge in [-0.2, -0.15) is 5.10 Å². The second-order valence-corrected chi connectivity index (χ2v) is 8.34. The summed E-state index contributed by atoms with van der Waals surface area (Å²) in [5.41, 5.74) is 3.03. The molecule has 2 heterocycles. The molecule has 1 aliphatic heterocycles. The summed E-state index contributed by atoms with van der Waals surface area (Å²) >= 11 is 3.49. The number of carbonyl (C=O) groups excluding carboxylic acids is 1. The number of likely N-dealkylation sites (N-methyl/N-ethyl adjacent to an activating group) is 1. The maximum atomic E-state index is 13.0. The fourth-order valence-corrected chi connectivity index (χ4v) is 4.36. The molecule has 1 saturated heterocycles. The Kier molecular flexibility index (Phi) is 6.20. The number of hydrogen-bond donors (Lipinski definition) is 2. The van der Waals surface area contributed by atoms with Crippen LogP contribution in [0.25, 0.3) is 5.69 Å². The van der Waals surface area contributed by atoms with E-state index in [9.17, 15) is 4.79 Å². The molecule has 0 spiro atoms. The number of carbonyl (C=O) groups is 1. The number of para-hydroxylation sites is 1. The Balaban J connectivity index is 1.53. The van der Waals surface area contributed by atoms with Crippen LogP contribution in [0.5, 0.6) is 0 Å². The van der Waals surface area contributed by atoms with Crippen LogP contribution < -0.4 is 10.6 Å². The Morgan fingerprint density at radius 1 is 1.10 bits per heavy atom. The van der Waals surface area contributed by atoms with Gasteiger partial charge < -0.3 is 10.2 Å². The van der Waals surface area contributed by atoms with Crippen LogP contribution in [0.15, 0.2) is 65.3 Å². The predicted molar refractivity (Wildman–Crippen MR) is 123 cm³/mol. The number of urea groups is 1. The molecule has 0 bridgehead atoms. The van der Waals surface area contributed by atoms with Gasteiger partial charge in [-0.15, -0.1) is 0 Å². The number of amides is 2. The molecule has 3 aromatic rings. The molecule has 2 N–H and O–H groups in total. The highest BCUT2D eigenvalue weighted by Crippen LogP contribution is 2.29. The first-order valence-electron chi connectivity index (χ1n) is 10.2. The summed E-state index contributed by atoms with van der Waals surface area (Å²) in [5, 5.41) is 10.8. The largest absolute Gasteiger partial charge is 0.333 e. The van der Waals surface area contributed by atoms with Crippen molar-refractivity contribution in [1.29, 1.82) is 0 Å². The summed E-state index contributed by atoms with van der Waals surface area (Å²) in [6.45, 7) is 6.84. The molecule has 1 fully saturated rings.